The van der Waals surface area contributed by atoms with Gasteiger partial charge in [0.15, 0.2) is 10.9 Å². The maximum absolute atomic E-state index is 14.0. The van der Waals surface area contributed by atoms with Gasteiger partial charge in [0.1, 0.15) is 4.83 Å². The first-order valence-corrected chi connectivity index (χ1v) is 13.7. The van der Waals surface area contributed by atoms with Gasteiger partial charge < -0.3 is 4.74 Å². The number of aryl methyl sites for hydroxylation is 1. The Balaban J connectivity index is 1.60. The van der Waals surface area contributed by atoms with E-state index in [-0.39, 0.29) is 23.2 Å². The van der Waals surface area contributed by atoms with Gasteiger partial charge in [-0.05, 0) is 60.4 Å². The molecule has 8 heteroatoms. The van der Waals surface area contributed by atoms with Crippen molar-refractivity contribution < 1.29 is 9.53 Å². The van der Waals surface area contributed by atoms with Gasteiger partial charge in [-0.1, -0.05) is 49.3 Å². The average Bonchev–Trinajstić information content (AvgIpc) is 3.20. The lowest BCUT2D eigenvalue weighted by Crippen LogP contribution is -2.28. The summed E-state index contributed by atoms with van der Waals surface area (Å²) in [6.07, 6.45) is 0.789. The van der Waals surface area contributed by atoms with E-state index in [1.807, 2.05) is 31.2 Å². The van der Waals surface area contributed by atoms with Crippen molar-refractivity contribution in [1.29, 1.82) is 0 Å². The van der Waals surface area contributed by atoms with Gasteiger partial charge in [-0.3, -0.25) is 14.2 Å². The number of aromatic nitrogens is 2. The van der Waals surface area contributed by atoms with E-state index in [1.54, 1.807) is 28.8 Å². The standard InChI is InChI=1S/C27H25ClN2O3S2/c1-15(2)22-12-20-23(13-33-22)35-25-24(20)26(32)30(19-6-4-5-16(3)11-19)27(29-25)34-14-21(31)17-7-9-18(28)10-8-17/h4-11,15,22H,12-14H2,1-3H3/t22-/m1/s1. The van der Waals surface area contributed by atoms with Crippen LogP contribution in [0.3, 0.4) is 0 Å². The lowest BCUT2D eigenvalue weighted by molar-refractivity contribution is 0.00200. The maximum atomic E-state index is 14.0. The first-order chi connectivity index (χ1) is 16.8. The smallest absolute Gasteiger partial charge is 0.267 e. The topological polar surface area (TPSA) is 61.2 Å². The molecule has 0 saturated heterocycles. The van der Waals surface area contributed by atoms with Crippen molar-refractivity contribution >= 4 is 50.7 Å². The third-order valence-electron chi connectivity index (χ3n) is 6.21. The van der Waals surface area contributed by atoms with E-state index < -0.39 is 0 Å². The minimum Gasteiger partial charge on any atom is -0.372 e. The molecule has 1 aliphatic rings. The molecule has 5 rings (SSSR count). The molecule has 0 fully saturated rings. The predicted octanol–water partition coefficient (Wildman–Crippen LogP) is 6.48. The molecular formula is C27H25ClN2O3S2. The van der Waals surface area contributed by atoms with Crippen LogP contribution >= 0.6 is 34.7 Å². The van der Waals surface area contributed by atoms with Crippen LogP contribution in [-0.4, -0.2) is 27.2 Å². The highest BCUT2D eigenvalue weighted by Crippen LogP contribution is 2.36. The number of thiophene rings is 1. The Bertz CT molecular complexity index is 1470. The van der Waals surface area contributed by atoms with Crippen molar-refractivity contribution in [3.05, 3.63) is 85.5 Å². The highest BCUT2D eigenvalue weighted by atomic mass is 35.5. The van der Waals surface area contributed by atoms with Crippen molar-refractivity contribution in [2.75, 3.05) is 5.75 Å². The van der Waals surface area contributed by atoms with Crippen LogP contribution in [0.25, 0.3) is 15.9 Å². The summed E-state index contributed by atoms with van der Waals surface area (Å²) >= 11 is 8.76. The maximum Gasteiger partial charge on any atom is 0.267 e. The van der Waals surface area contributed by atoms with E-state index in [9.17, 15) is 9.59 Å². The third kappa shape index (κ3) is 4.83. The fraction of sp³-hybridized carbons (Fsp3) is 0.296. The molecule has 5 nitrogen and oxygen atoms in total. The van der Waals surface area contributed by atoms with E-state index in [0.717, 1.165) is 21.7 Å². The Morgan fingerprint density at radius 2 is 2.03 bits per heavy atom. The number of nitrogens with zero attached hydrogens (tertiary/aromatic N) is 2. The van der Waals surface area contributed by atoms with Gasteiger partial charge in [-0.25, -0.2) is 4.98 Å². The Morgan fingerprint density at radius 1 is 1.26 bits per heavy atom. The van der Waals surface area contributed by atoms with Crippen molar-refractivity contribution in [2.24, 2.45) is 5.92 Å². The lowest BCUT2D eigenvalue weighted by Gasteiger charge is -2.26. The largest absolute Gasteiger partial charge is 0.372 e. The van der Waals surface area contributed by atoms with Crippen molar-refractivity contribution in [3.8, 4) is 5.69 Å². The van der Waals surface area contributed by atoms with Gasteiger partial charge in [0.25, 0.3) is 5.56 Å². The second-order valence-electron chi connectivity index (χ2n) is 9.07. The molecule has 0 unspecified atom stereocenters. The molecule has 1 aliphatic heterocycles. The summed E-state index contributed by atoms with van der Waals surface area (Å²) in [7, 11) is 0. The number of carbonyl (C=O) groups excluding carboxylic acids is 1. The van der Waals surface area contributed by atoms with Gasteiger partial charge in [0.2, 0.25) is 0 Å². The zero-order chi connectivity index (χ0) is 24.7. The van der Waals surface area contributed by atoms with Crippen LogP contribution < -0.4 is 5.56 Å². The first-order valence-electron chi connectivity index (χ1n) is 11.5. The number of hydrogen-bond acceptors (Lipinski definition) is 6. The quantitative estimate of drug-likeness (QED) is 0.164. The number of carbonyl (C=O) groups is 1. The molecule has 180 valence electrons. The molecule has 0 radical (unpaired) electrons. The molecule has 35 heavy (non-hydrogen) atoms. The Morgan fingerprint density at radius 3 is 2.74 bits per heavy atom. The molecular weight excluding hydrogens is 500 g/mol. The van der Waals surface area contributed by atoms with E-state index >= 15 is 0 Å². The molecule has 0 N–H and O–H groups in total. The SMILES string of the molecule is Cc1cccc(-n2c(SCC(=O)c3ccc(Cl)cc3)nc3sc4c(c3c2=O)C[C@H](C(C)C)OC4)c1. The van der Waals surface area contributed by atoms with Gasteiger partial charge in [0, 0.05) is 21.9 Å². The number of ether oxygens (including phenoxy) is 1. The summed E-state index contributed by atoms with van der Waals surface area (Å²) in [5.74, 6) is 0.476. The molecule has 2 aromatic heterocycles. The summed E-state index contributed by atoms with van der Waals surface area (Å²) in [6.45, 7) is 6.77. The Kier molecular flexibility index (Phi) is 6.86. The van der Waals surface area contributed by atoms with E-state index in [0.29, 0.717) is 44.9 Å². The summed E-state index contributed by atoms with van der Waals surface area (Å²) in [5, 5.41) is 1.77. The summed E-state index contributed by atoms with van der Waals surface area (Å²) in [4.78, 5) is 33.5. The van der Waals surface area contributed by atoms with Gasteiger partial charge in [-0.15, -0.1) is 11.3 Å². The highest BCUT2D eigenvalue weighted by Gasteiger charge is 2.29. The number of hydrogen-bond donors (Lipinski definition) is 0. The molecule has 0 amide bonds. The highest BCUT2D eigenvalue weighted by molar-refractivity contribution is 7.99. The van der Waals surface area contributed by atoms with Crippen LogP contribution in [0, 0.1) is 12.8 Å². The molecule has 3 heterocycles. The summed E-state index contributed by atoms with van der Waals surface area (Å²) in [6, 6.07) is 14.6. The number of Topliss-reactive ketones (excluding diaryl/α,β-unsaturated/α-hetero) is 1. The first kappa shape index (κ1) is 24.3. The van der Waals surface area contributed by atoms with Crippen molar-refractivity contribution in [3.63, 3.8) is 0 Å². The minimum absolute atomic E-state index is 0.0459. The Hall–Kier alpha value is -2.45. The predicted molar refractivity (Wildman–Crippen MR) is 144 cm³/mol. The van der Waals surface area contributed by atoms with Crippen LogP contribution in [0.2, 0.25) is 5.02 Å². The second-order valence-corrected chi connectivity index (χ2v) is 11.5. The number of fused-ring (bicyclic) bond motifs is 3. The molecule has 0 aliphatic carbocycles. The summed E-state index contributed by atoms with van der Waals surface area (Å²) < 4.78 is 7.70. The van der Waals surface area contributed by atoms with Crippen LogP contribution in [-0.2, 0) is 17.8 Å². The second kappa shape index (κ2) is 9.90. The van der Waals surface area contributed by atoms with Crippen LogP contribution in [0.1, 0.15) is 40.2 Å². The zero-order valence-electron chi connectivity index (χ0n) is 19.7. The third-order valence-corrected chi connectivity index (χ3v) is 8.50. The zero-order valence-corrected chi connectivity index (χ0v) is 22.1. The van der Waals surface area contributed by atoms with Gasteiger partial charge in [0.05, 0.1) is 29.5 Å². The molecule has 0 spiro atoms. The number of benzene rings is 2. The van der Waals surface area contributed by atoms with E-state index in [1.165, 1.54) is 23.1 Å². The molecule has 4 aromatic rings. The number of ketones is 1. The molecule has 2 aromatic carbocycles. The van der Waals surface area contributed by atoms with Crippen LogP contribution in [0.15, 0.2) is 58.5 Å². The monoisotopic (exact) mass is 524 g/mol. The Labute approximate surface area is 217 Å². The molecule has 1 atom stereocenters. The van der Waals surface area contributed by atoms with Crippen molar-refractivity contribution in [1.82, 2.24) is 9.55 Å². The van der Waals surface area contributed by atoms with Crippen LogP contribution in [0.4, 0.5) is 0 Å². The lowest BCUT2D eigenvalue weighted by atomic mass is 9.96. The van der Waals surface area contributed by atoms with E-state index in [4.69, 9.17) is 21.3 Å². The number of halogens is 1. The average molecular weight is 525 g/mol. The van der Waals surface area contributed by atoms with Crippen molar-refractivity contribution in [2.45, 2.75) is 45.1 Å². The fourth-order valence-corrected chi connectivity index (χ4v) is 6.47. The normalized spacial score (nSPS) is 15.5. The summed E-state index contributed by atoms with van der Waals surface area (Å²) in [5.41, 5.74) is 3.34. The number of thioether (sulfide) groups is 1. The fourth-order valence-electron chi connectivity index (χ4n) is 4.28. The van der Waals surface area contributed by atoms with Crippen LogP contribution in [0.5, 0.6) is 0 Å². The molecule has 0 bridgehead atoms. The minimum atomic E-state index is -0.0936. The number of rotatable bonds is 6. The van der Waals surface area contributed by atoms with E-state index in [2.05, 4.69) is 13.8 Å². The molecule has 0 saturated carbocycles. The van der Waals surface area contributed by atoms with Gasteiger partial charge in [-0.2, -0.15) is 0 Å². The van der Waals surface area contributed by atoms with Gasteiger partial charge >= 0.3 is 0 Å².